The molecule has 0 saturated carbocycles. The maximum Gasteiger partial charge on any atom is 0.237 e. The number of aromatic nitrogens is 4. The summed E-state index contributed by atoms with van der Waals surface area (Å²) in [5.41, 5.74) is 12.5. The van der Waals surface area contributed by atoms with Gasteiger partial charge in [-0.2, -0.15) is 10.2 Å². The number of benzene rings is 1. The van der Waals surface area contributed by atoms with Crippen molar-refractivity contribution < 1.29 is 4.74 Å². The normalized spacial score (nSPS) is 10.0. The Hall–Kier alpha value is -3.73. The quantitative estimate of drug-likeness (QED) is 0.746. The molecule has 1 aromatic carbocycles. The van der Waals surface area contributed by atoms with Gasteiger partial charge in [0.25, 0.3) is 0 Å². The van der Waals surface area contributed by atoms with Crippen molar-refractivity contribution in [1.29, 1.82) is 5.26 Å². The van der Waals surface area contributed by atoms with Crippen LogP contribution in [0.3, 0.4) is 0 Å². The lowest BCUT2D eigenvalue weighted by Gasteiger charge is -2.09. The van der Waals surface area contributed by atoms with Crippen LogP contribution in [-0.2, 0) is 0 Å². The zero-order valence-electron chi connectivity index (χ0n) is 11.8. The van der Waals surface area contributed by atoms with E-state index in [1.54, 1.807) is 30.5 Å². The van der Waals surface area contributed by atoms with E-state index in [1.807, 2.05) is 6.07 Å². The van der Waals surface area contributed by atoms with Crippen LogP contribution in [0.5, 0.6) is 11.6 Å². The minimum absolute atomic E-state index is 0.00301. The summed E-state index contributed by atoms with van der Waals surface area (Å²) in [6, 6.07) is 8.97. The lowest BCUT2D eigenvalue weighted by atomic mass is 10.1. The highest BCUT2D eigenvalue weighted by Gasteiger charge is 2.14. The molecule has 0 aliphatic rings. The number of nitriles is 1. The second-order valence-electron chi connectivity index (χ2n) is 4.48. The number of nitrogen functional groups attached to an aromatic ring is 2. The average Bonchev–Trinajstić information content (AvgIpc) is 2.55. The molecular weight excluding hydrogens is 294 g/mol. The summed E-state index contributed by atoms with van der Waals surface area (Å²) < 4.78 is 5.61. The molecule has 2 heterocycles. The van der Waals surface area contributed by atoms with Gasteiger partial charge in [-0.15, -0.1) is 0 Å². The van der Waals surface area contributed by atoms with Gasteiger partial charge in [0, 0.05) is 18.0 Å². The Morgan fingerprint density at radius 3 is 2.74 bits per heavy atom. The van der Waals surface area contributed by atoms with Crippen molar-refractivity contribution in [2.24, 2.45) is 0 Å². The molecule has 0 saturated heterocycles. The standard InChI is InChI=1S/C15H11N7O/c16-7-11-13(21-15(18)22-14(11)17)9-2-1-3-10(6-9)23-12-8-19-4-5-20-12/h1-6,8H,(H4,17,18,21,22). The van der Waals surface area contributed by atoms with Crippen molar-refractivity contribution in [1.82, 2.24) is 19.9 Å². The van der Waals surface area contributed by atoms with E-state index in [-0.39, 0.29) is 17.3 Å². The Kier molecular flexibility index (Phi) is 3.68. The van der Waals surface area contributed by atoms with Gasteiger partial charge in [-0.3, -0.25) is 4.98 Å². The molecule has 0 unspecified atom stereocenters. The first-order valence-electron chi connectivity index (χ1n) is 6.55. The molecule has 8 nitrogen and oxygen atoms in total. The fourth-order valence-corrected chi connectivity index (χ4v) is 1.98. The van der Waals surface area contributed by atoms with Gasteiger partial charge in [0.15, 0.2) is 0 Å². The molecule has 4 N–H and O–H groups in total. The molecule has 0 aliphatic carbocycles. The molecule has 3 aromatic rings. The summed E-state index contributed by atoms with van der Waals surface area (Å²) >= 11 is 0. The van der Waals surface area contributed by atoms with Crippen LogP contribution >= 0.6 is 0 Å². The molecule has 0 spiro atoms. The van der Waals surface area contributed by atoms with Gasteiger partial charge in [-0.05, 0) is 12.1 Å². The van der Waals surface area contributed by atoms with E-state index in [1.165, 1.54) is 12.4 Å². The number of anilines is 2. The Balaban J connectivity index is 2.02. The first-order valence-corrected chi connectivity index (χ1v) is 6.55. The molecule has 0 amide bonds. The number of rotatable bonds is 3. The summed E-state index contributed by atoms with van der Waals surface area (Å²) in [5.74, 6) is 0.904. The molecule has 8 heteroatoms. The highest BCUT2D eigenvalue weighted by Crippen LogP contribution is 2.29. The van der Waals surface area contributed by atoms with Gasteiger partial charge >= 0.3 is 0 Å². The molecule has 0 atom stereocenters. The zero-order valence-corrected chi connectivity index (χ0v) is 11.8. The maximum atomic E-state index is 9.26. The van der Waals surface area contributed by atoms with Crippen LogP contribution in [0.4, 0.5) is 11.8 Å². The molecule has 0 bridgehead atoms. The SMILES string of the molecule is N#Cc1c(N)nc(N)nc1-c1cccc(Oc2cnccn2)c1. The van der Waals surface area contributed by atoms with E-state index >= 15 is 0 Å². The van der Waals surface area contributed by atoms with Crippen molar-refractivity contribution in [3.63, 3.8) is 0 Å². The number of ether oxygens (including phenoxy) is 1. The van der Waals surface area contributed by atoms with Gasteiger partial charge in [0.05, 0.1) is 11.9 Å². The smallest absolute Gasteiger partial charge is 0.237 e. The molecular formula is C15H11N7O. The Bertz CT molecular complexity index is 890. The van der Waals surface area contributed by atoms with E-state index in [9.17, 15) is 5.26 Å². The summed E-state index contributed by atoms with van der Waals surface area (Å²) in [7, 11) is 0. The van der Waals surface area contributed by atoms with Crippen LogP contribution in [-0.4, -0.2) is 19.9 Å². The zero-order chi connectivity index (χ0) is 16.2. The van der Waals surface area contributed by atoms with Crippen LogP contribution in [0, 0.1) is 11.3 Å². The lowest BCUT2D eigenvalue weighted by Crippen LogP contribution is -2.05. The van der Waals surface area contributed by atoms with Crippen molar-refractivity contribution in [3.8, 4) is 29.0 Å². The van der Waals surface area contributed by atoms with Crippen molar-refractivity contribution in [2.45, 2.75) is 0 Å². The van der Waals surface area contributed by atoms with Gasteiger partial charge in [0.2, 0.25) is 11.8 Å². The second kappa shape index (κ2) is 5.95. The van der Waals surface area contributed by atoms with Gasteiger partial charge in [0.1, 0.15) is 23.2 Å². The lowest BCUT2D eigenvalue weighted by molar-refractivity contribution is 0.460. The fraction of sp³-hybridized carbons (Fsp3) is 0. The summed E-state index contributed by atoms with van der Waals surface area (Å²) in [6.45, 7) is 0. The van der Waals surface area contributed by atoms with Crippen LogP contribution in [0.2, 0.25) is 0 Å². The third-order valence-corrected chi connectivity index (χ3v) is 2.94. The van der Waals surface area contributed by atoms with E-state index in [0.717, 1.165) is 0 Å². The average molecular weight is 305 g/mol. The topological polar surface area (TPSA) is 137 Å². The fourth-order valence-electron chi connectivity index (χ4n) is 1.98. The molecule has 0 fully saturated rings. The van der Waals surface area contributed by atoms with E-state index in [0.29, 0.717) is 22.9 Å². The Morgan fingerprint density at radius 1 is 1.13 bits per heavy atom. The maximum absolute atomic E-state index is 9.26. The van der Waals surface area contributed by atoms with E-state index < -0.39 is 0 Å². The van der Waals surface area contributed by atoms with Gasteiger partial charge in [-0.1, -0.05) is 12.1 Å². The minimum atomic E-state index is -0.00301. The summed E-state index contributed by atoms with van der Waals surface area (Å²) in [4.78, 5) is 15.9. The number of nitrogens with zero attached hydrogens (tertiary/aromatic N) is 5. The minimum Gasteiger partial charge on any atom is -0.437 e. The monoisotopic (exact) mass is 305 g/mol. The van der Waals surface area contributed by atoms with Crippen molar-refractivity contribution >= 4 is 11.8 Å². The largest absolute Gasteiger partial charge is 0.437 e. The molecule has 112 valence electrons. The second-order valence-corrected chi connectivity index (χ2v) is 4.48. The first-order chi connectivity index (χ1) is 11.2. The Labute approximate surface area is 131 Å². The van der Waals surface area contributed by atoms with Crippen LogP contribution in [0.1, 0.15) is 5.56 Å². The van der Waals surface area contributed by atoms with Crippen molar-refractivity contribution in [2.75, 3.05) is 11.5 Å². The number of hydrogen-bond acceptors (Lipinski definition) is 8. The molecule has 3 rings (SSSR count). The van der Waals surface area contributed by atoms with Crippen LogP contribution in [0.15, 0.2) is 42.9 Å². The number of hydrogen-bond donors (Lipinski definition) is 2. The number of nitrogens with two attached hydrogens (primary N) is 2. The molecule has 2 aromatic heterocycles. The third-order valence-electron chi connectivity index (χ3n) is 2.94. The predicted octanol–water partition coefficient (Wildman–Crippen LogP) is 1.76. The predicted molar refractivity (Wildman–Crippen MR) is 83.1 cm³/mol. The molecule has 0 radical (unpaired) electrons. The van der Waals surface area contributed by atoms with Gasteiger partial charge < -0.3 is 16.2 Å². The first kappa shape index (κ1) is 14.2. The van der Waals surface area contributed by atoms with Crippen molar-refractivity contribution in [3.05, 3.63) is 48.4 Å². The van der Waals surface area contributed by atoms with Crippen LogP contribution in [0.25, 0.3) is 11.3 Å². The molecule has 23 heavy (non-hydrogen) atoms. The highest BCUT2D eigenvalue weighted by atomic mass is 16.5. The summed E-state index contributed by atoms with van der Waals surface area (Å²) in [5, 5.41) is 9.26. The highest BCUT2D eigenvalue weighted by molar-refractivity contribution is 5.73. The van der Waals surface area contributed by atoms with Crippen LogP contribution < -0.4 is 16.2 Å². The van der Waals surface area contributed by atoms with Gasteiger partial charge in [-0.25, -0.2) is 9.97 Å². The van der Waals surface area contributed by atoms with E-state index in [2.05, 4.69) is 19.9 Å². The van der Waals surface area contributed by atoms with E-state index in [4.69, 9.17) is 16.2 Å². The summed E-state index contributed by atoms with van der Waals surface area (Å²) in [6.07, 6.45) is 4.57. The Morgan fingerprint density at radius 2 is 2.00 bits per heavy atom. The molecule has 0 aliphatic heterocycles. The third kappa shape index (κ3) is 2.98.